The van der Waals surface area contributed by atoms with Crippen LogP contribution < -0.4 is 5.32 Å². The van der Waals surface area contributed by atoms with Crippen molar-refractivity contribution in [2.45, 2.75) is 33.1 Å². The third kappa shape index (κ3) is 4.71. The predicted octanol–water partition coefficient (Wildman–Crippen LogP) is 4.89. The highest BCUT2D eigenvalue weighted by Crippen LogP contribution is 2.24. The fourth-order valence-corrected chi connectivity index (χ4v) is 2.63. The van der Waals surface area contributed by atoms with Crippen molar-refractivity contribution < 1.29 is 4.79 Å². The van der Waals surface area contributed by atoms with Crippen molar-refractivity contribution in [3.63, 3.8) is 0 Å². The zero-order valence-electron chi connectivity index (χ0n) is 12.4. The van der Waals surface area contributed by atoms with Crippen molar-refractivity contribution in [1.29, 1.82) is 0 Å². The minimum absolute atomic E-state index is 0.0422. The predicted molar refractivity (Wildman–Crippen MR) is 91.6 cm³/mol. The second-order valence-electron chi connectivity index (χ2n) is 5.20. The lowest BCUT2D eigenvalue weighted by Gasteiger charge is -2.09. The molecule has 0 atom stereocenters. The molecule has 0 saturated carbocycles. The van der Waals surface area contributed by atoms with Crippen LogP contribution in [-0.2, 0) is 17.6 Å². The van der Waals surface area contributed by atoms with Gasteiger partial charge in [-0.2, -0.15) is 0 Å². The molecule has 1 amide bonds. The first-order valence-electron chi connectivity index (χ1n) is 7.22. The van der Waals surface area contributed by atoms with Crippen LogP contribution >= 0.6 is 15.9 Å². The first-order valence-corrected chi connectivity index (χ1v) is 8.01. The summed E-state index contributed by atoms with van der Waals surface area (Å²) in [6.07, 6.45) is 2.24. The number of anilines is 1. The maximum atomic E-state index is 12.0. The number of halogens is 1. The van der Waals surface area contributed by atoms with E-state index in [2.05, 4.69) is 65.4 Å². The Hall–Kier alpha value is -1.61. The molecule has 0 heterocycles. The number of amides is 1. The summed E-state index contributed by atoms with van der Waals surface area (Å²) in [6, 6.07) is 14.4. The third-order valence-electron chi connectivity index (χ3n) is 3.48. The maximum Gasteiger partial charge on any atom is 0.224 e. The number of carbonyl (C=O) groups is 1. The summed E-state index contributed by atoms with van der Waals surface area (Å²) >= 11 is 3.51. The molecule has 0 aromatic heterocycles. The van der Waals surface area contributed by atoms with Crippen molar-refractivity contribution in [3.8, 4) is 0 Å². The molecule has 0 aliphatic rings. The highest BCUT2D eigenvalue weighted by atomic mass is 79.9. The van der Waals surface area contributed by atoms with Crippen LogP contribution in [0.4, 0.5) is 5.69 Å². The van der Waals surface area contributed by atoms with Gasteiger partial charge in [-0.05, 0) is 59.0 Å². The molecule has 1 N–H and O–H groups in total. The van der Waals surface area contributed by atoms with E-state index in [0.717, 1.165) is 23.0 Å². The zero-order valence-corrected chi connectivity index (χ0v) is 14.0. The first-order chi connectivity index (χ1) is 10.1. The Balaban J connectivity index is 1.91. The Morgan fingerprint density at radius 2 is 1.76 bits per heavy atom. The topological polar surface area (TPSA) is 29.1 Å². The van der Waals surface area contributed by atoms with E-state index in [0.29, 0.717) is 6.42 Å². The van der Waals surface area contributed by atoms with E-state index in [1.165, 1.54) is 16.7 Å². The van der Waals surface area contributed by atoms with Crippen LogP contribution in [0.15, 0.2) is 46.9 Å². The standard InChI is InChI=1S/C18H20BrNO/c1-3-14-8-10-17(16(19)12-14)20-18(21)11-9-15-6-4-13(2)5-7-15/h4-8,10,12H,3,9,11H2,1-2H3,(H,20,21). The van der Waals surface area contributed by atoms with Gasteiger partial charge in [0, 0.05) is 10.9 Å². The number of hydrogen-bond acceptors (Lipinski definition) is 1. The Bertz CT molecular complexity index is 620. The van der Waals surface area contributed by atoms with Crippen molar-refractivity contribution in [2.24, 2.45) is 0 Å². The van der Waals surface area contributed by atoms with E-state index in [4.69, 9.17) is 0 Å². The van der Waals surface area contributed by atoms with Gasteiger partial charge in [0.25, 0.3) is 0 Å². The quantitative estimate of drug-likeness (QED) is 0.820. The molecular formula is C18H20BrNO. The van der Waals surface area contributed by atoms with Gasteiger partial charge in [-0.1, -0.05) is 42.8 Å². The number of nitrogens with one attached hydrogen (secondary N) is 1. The van der Waals surface area contributed by atoms with Gasteiger partial charge < -0.3 is 5.32 Å². The van der Waals surface area contributed by atoms with Gasteiger partial charge in [-0.25, -0.2) is 0 Å². The van der Waals surface area contributed by atoms with Crippen molar-refractivity contribution in [2.75, 3.05) is 5.32 Å². The van der Waals surface area contributed by atoms with Gasteiger partial charge in [0.1, 0.15) is 0 Å². The molecule has 2 aromatic rings. The van der Waals surface area contributed by atoms with Gasteiger partial charge in [0.2, 0.25) is 5.91 Å². The number of carbonyl (C=O) groups excluding carboxylic acids is 1. The smallest absolute Gasteiger partial charge is 0.224 e. The lowest BCUT2D eigenvalue weighted by molar-refractivity contribution is -0.116. The molecule has 3 heteroatoms. The fourth-order valence-electron chi connectivity index (χ4n) is 2.11. The molecule has 2 nitrogen and oxygen atoms in total. The van der Waals surface area contributed by atoms with Crippen LogP contribution in [0.25, 0.3) is 0 Å². The summed E-state index contributed by atoms with van der Waals surface area (Å²) in [5.74, 6) is 0.0422. The average molecular weight is 346 g/mol. The van der Waals surface area contributed by atoms with E-state index in [-0.39, 0.29) is 5.91 Å². The van der Waals surface area contributed by atoms with E-state index >= 15 is 0 Å². The highest BCUT2D eigenvalue weighted by Gasteiger charge is 2.06. The van der Waals surface area contributed by atoms with Crippen molar-refractivity contribution >= 4 is 27.5 Å². The summed E-state index contributed by atoms with van der Waals surface area (Å²) in [7, 11) is 0. The largest absolute Gasteiger partial charge is 0.325 e. The van der Waals surface area contributed by atoms with Crippen molar-refractivity contribution in [1.82, 2.24) is 0 Å². The summed E-state index contributed by atoms with van der Waals surface area (Å²) in [6.45, 7) is 4.18. The van der Waals surface area contributed by atoms with Gasteiger partial charge in [0.15, 0.2) is 0 Å². The molecule has 0 spiro atoms. The number of benzene rings is 2. The summed E-state index contributed by atoms with van der Waals surface area (Å²) in [4.78, 5) is 12.0. The van der Waals surface area contributed by atoms with Crippen LogP contribution in [0, 0.1) is 6.92 Å². The van der Waals surface area contributed by atoms with E-state index in [1.807, 2.05) is 12.1 Å². The Morgan fingerprint density at radius 1 is 1.10 bits per heavy atom. The Labute approximate surface area is 134 Å². The van der Waals surface area contributed by atoms with Gasteiger partial charge in [-0.3, -0.25) is 4.79 Å². The third-order valence-corrected chi connectivity index (χ3v) is 4.13. The van der Waals surface area contributed by atoms with Gasteiger partial charge >= 0.3 is 0 Å². The van der Waals surface area contributed by atoms with Crippen LogP contribution in [-0.4, -0.2) is 5.91 Å². The van der Waals surface area contributed by atoms with E-state index < -0.39 is 0 Å². The molecule has 0 fully saturated rings. The average Bonchev–Trinajstić information content (AvgIpc) is 2.48. The van der Waals surface area contributed by atoms with E-state index in [1.54, 1.807) is 0 Å². The van der Waals surface area contributed by atoms with Crippen LogP contribution in [0.2, 0.25) is 0 Å². The monoisotopic (exact) mass is 345 g/mol. The van der Waals surface area contributed by atoms with Gasteiger partial charge in [0.05, 0.1) is 5.69 Å². The molecule has 0 aliphatic carbocycles. The molecule has 110 valence electrons. The molecule has 2 rings (SSSR count). The Morgan fingerprint density at radius 3 is 2.38 bits per heavy atom. The molecule has 0 saturated heterocycles. The lowest BCUT2D eigenvalue weighted by Crippen LogP contribution is -2.12. The Kier molecular flexibility index (Phi) is 5.57. The molecule has 0 bridgehead atoms. The van der Waals surface area contributed by atoms with Crippen LogP contribution in [0.1, 0.15) is 30.0 Å². The van der Waals surface area contributed by atoms with Gasteiger partial charge in [-0.15, -0.1) is 0 Å². The zero-order chi connectivity index (χ0) is 15.2. The minimum atomic E-state index is 0.0422. The second kappa shape index (κ2) is 7.41. The first kappa shape index (κ1) is 15.8. The SMILES string of the molecule is CCc1ccc(NC(=O)CCc2ccc(C)cc2)c(Br)c1. The second-order valence-corrected chi connectivity index (χ2v) is 6.06. The maximum absolute atomic E-state index is 12.0. The molecule has 0 radical (unpaired) electrons. The number of hydrogen-bond donors (Lipinski definition) is 1. The normalized spacial score (nSPS) is 10.4. The number of aryl methyl sites for hydroxylation is 3. The summed E-state index contributed by atoms with van der Waals surface area (Å²) < 4.78 is 0.936. The fraction of sp³-hybridized carbons (Fsp3) is 0.278. The number of rotatable bonds is 5. The highest BCUT2D eigenvalue weighted by molar-refractivity contribution is 9.10. The molecule has 0 unspecified atom stereocenters. The molecule has 2 aromatic carbocycles. The summed E-state index contributed by atoms with van der Waals surface area (Å²) in [5.41, 5.74) is 4.51. The van der Waals surface area contributed by atoms with Crippen LogP contribution in [0.3, 0.4) is 0 Å². The van der Waals surface area contributed by atoms with Crippen molar-refractivity contribution in [3.05, 3.63) is 63.6 Å². The minimum Gasteiger partial charge on any atom is -0.325 e. The summed E-state index contributed by atoms with van der Waals surface area (Å²) in [5, 5.41) is 2.96. The molecule has 21 heavy (non-hydrogen) atoms. The van der Waals surface area contributed by atoms with E-state index in [9.17, 15) is 4.79 Å². The lowest BCUT2D eigenvalue weighted by atomic mass is 10.1. The van der Waals surface area contributed by atoms with Crippen LogP contribution in [0.5, 0.6) is 0 Å². The molecule has 0 aliphatic heterocycles. The molecular weight excluding hydrogens is 326 g/mol.